The molecule has 0 atom stereocenters. The maximum atomic E-state index is 11.6. The fourth-order valence-electron chi connectivity index (χ4n) is 2.60. The van der Waals surface area contributed by atoms with E-state index in [1.165, 1.54) is 0 Å². The third kappa shape index (κ3) is 5.01. The predicted octanol–water partition coefficient (Wildman–Crippen LogP) is 5.97. The number of rotatable bonds is 7. The number of carboxylic acids is 1. The van der Waals surface area contributed by atoms with E-state index in [4.69, 9.17) is 9.47 Å². The van der Waals surface area contributed by atoms with E-state index in [1.807, 2.05) is 55.5 Å². The molecular weight excluding hydrogens is 455 g/mol. The zero-order valence-electron chi connectivity index (χ0n) is 14.8. The van der Waals surface area contributed by atoms with Crippen LogP contribution in [0.2, 0.25) is 0 Å². The van der Waals surface area contributed by atoms with E-state index in [2.05, 4.69) is 22.6 Å². The Morgan fingerprint density at radius 3 is 2.19 bits per heavy atom. The lowest BCUT2D eigenvalue weighted by Crippen LogP contribution is -2.00. The van der Waals surface area contributed by atoms with Gasteiger partial charge in [0.05, 0.1) is 6.61 Å². The van der Waals surface area contributed by atoms with Crippen molar-refractivity contribution in [3.05, 3.63) is 77.9 Å². The zero-order valence-corrected chi connectivity index (χ0v) is 17.0. The van der Waals surface area contributed by atoms with Gasteiger partial charge in [-0.3, -0.25) is 0 Å². The van der Waals surface area contributed by atoms with Crippen LogP contribution in [0.4, 0.5) is 0 Å². The van der Waals surface area contributed by atoms with Gasteiger partial charge in [-0.15, -0.1) is 0 Å². The van der Waals surface area contributed by atoms with Crippen LogP contribution >= 0.6 is 22.6 Å². The third-order valence-electron chi connectivity index (χ3n) is 3.99. The van der Waals surface area contributed by atoms with Crippen molar-refractivity contribution in [1.29, 1.82) is 0 Å². The van der Waals surface area contributed by atoms with Crippen molar-refractivity contribution in [2.45, 2.75) is 6.92 Å². The first-order valence-electron chi connectivity index (χ1n) is 8.48. The van der Waals surface area contributed by atoms with Crippen LogP contribution in [0.15, 0.2) is 66.7 Å². The number of carboxylic acid groups (broad SMARTS) is 1. The van der Waals surface area contributed by atoms with Crippen LogP contribution < -0.4 is 9.47 Å². The third-order valence-corrected chi connectivity index (χ3v) is 4.43. The van der Waals surface area contributed by atoms with Crippen LogP contribution in [0.3, 0.4) is 0 Å². The van der Waals surface area contributed by atoms with Crippen molar-refractivity contribution in [2.24, 2.45) is 0 Å². The van der Waals surface area contributed by atoms with Crippen molar-refractivity contribution in [3.63, 3.8) is 0 Å². The number of halogens is 1. The second-order valence-corrected chi connectivity index (χ2v) is 7.07. The number of ether oxygens (including phenoxy) is 2. The summed E-state index contributed by atoms with van der Waals surface area (Å²) < 4.78 is 12.4. The molecule has 0 radical (unpaired) electrons. The summed E-state index contributed by atoms with van der Waals surface area (Å²) in [6, 6.07) is 20.3. The monoisotopic (exact) mass is 474 g/mol. The molecule has 4 nitrogen and oxygen atoms in total. The quantitative estimate of drug-likeness (QED) is 0.339. The molecular formula is C22H19IO4. The number of benzene rings is 3. The Bertz CT molecular complexity index is 918. The topological polar surface area (TPSA) is 55.8 Å². The fourth-order valence-corrected chi connectivity index (χ4v) is 2.82. The molecule has 3 aromatic rings. The Hall–Kier alpha value is -2.54. The largest absolute Gasteiger partial charge is 0.493 e. The molecule has 0 saturated heterocycles. The molecule has 1 N–H and O–H groups in total. The number of carbonyl (C=O) groups is 1. The molecule has 0 spiro atoms. The Morgan fingerprint density at radius 2 is 1.56 bits per heavy atom. The van der Waals surface area contributed by atoms with E-state index < -0.39 is 5.97 Å². The van der Waals surface area contributed by atoms with Gasteiger partial charge >= 0.3 is 5.97 Å². The van der Waals surface area contributed by atoms with Gasteiger partial charge in [-0.1, -0.05) is 58.5 Å². The Kier molecular flexibility index (Phi) is 6.34. The van der Waals surface area contributed by atoms with Crippen LogP contribution in [0.5, 0.6) is 17.2 Å². The number of aromatic carboxylic acids is 1. The first-order valence-corrected chi connectivity index (χ1v) is 10.0. The smallest absolute Gasteiger partial charge is 0.339 e. The number of hydrogen-bond acceptors (Lipinski definition) is 3. The molecule has 0 amide bonds. The standard InChI is InChI=1S/C22H19IO4/c1-15-2-7-19(8-3-15)27-21-14-17(6-11-20(21)22(24)25)16-4-9-18(10-5-16)26-13-12-23/h2-11,14H,12-13H2,1H3,(H,24,25). The maximum Gasteiger partial charge on any atom is 0.339 e. The summed E-state index contributed by atoms with van der Waals surface area (Å²) in [7, 11) is 0. The van der Waals surface area contributed by atoms with Gasteiger partial charge in [-0.2, -0.15) is 0 Å². The van der Waals surface area contributed by atoms with Gasteiger partial charge in [0, 0.05) is 4.43 Å². The Morgan fingerprint density at radius 1 is 0.926 bits per heavy atom. The average molecular weight is 474 g/mol. The maximum absolute atomic E-state index is 11.6. The van der Waals surface area contributed by atoms with E-state index in [0.717, 1.165) is 26.9 Å². The van der Waals surface area contributed by atoms with Crippen molar-refractivity contribution < 1.29 is 19.4 Å². The molecule has 0 fully saturated rings. The number of aryl methyl sites for hydroxylation is 1. The number of alkyl halides is 1. The molecule has 5 heteroatoms. The van der Waals surface area contributed by atoms with Gasteiger partial charge in [0.15, 0.2) is 0 Å². The predicted molar refractivity (Wildman–Crippen MR) is 114 cm³/mol. The van der Waals surface area contributed by atoms with Crippen LogP contribution in [0.25, 0.3) is 11.1 Å². The Balaban J connectivity index is 1.90. The molecule has 0 aliphatic carbocycles. The van der Waals surface area contributed by atoms with E-state index in [1.54, 1.807) is 18.2 Å². The van der Waals surface area contributed by atoms with Gasteiger partial charge in [-0.25, -0.2) is 4.79 Å². The molecule has 138 valence electrons. The molecule has 3 aromatic carbocycles. The highest BCUT2D eigenvalue weighted by Gasteiger charge is 2.14. The van der Waals surface area contributed by atoms with E-state index in [9.17, 15) is 9.90 Å². The van der Waals surface area contributed by atoms with E-state index >= 15 is 0 Å². The van der Waals surface area contributed by atoms with Gasteiger partial charge in [-0.05, 0) is 54.4 Å². The fraction of sp³-hybridized carbons (Fsp3) is 0.136. The summed E-state index contributed by atoms with van der Waals surface area (Å²) in [6.45, 7) is 2.66. The van der Waals surface area contributed by atoms with Gasteiger partial charge in [0.25, 0.3) is 0 Å². The first kappa shape index (κ1) is 19.2. The van der Waals surface area contributed by atoms with Crippen molar-refractivity contribution in [1.82, 2.24) is 0 Å². The SMILES string of the molecule is Cc1ccc(Oc2cc(-c3ccc(OCCI)cc3)ccc2C(=O)O)cc1. The van der Waals surface area contributed by atoms with E-state index in [0.29, 0.717) is 18.1 Å². The van der Waals surface area contributed by atoms with E-state index in [-0.39, 0.29) is 5.56 Å². The van der Waals surface area contributed by atoms with Gasteiger partial charge in [0.2, 0.25) is 0 Å². The van der Waals surface area contributed by atoms with Crippen LogP contribution in [-0.4, -0.2) is 22.1 Å². The lowest BCUT2D eigenvalue weighted by atomic mass is 10.0. The van der Waals surface area contributed by atoms with Crippen molar-refractivity contribution in [3.8, 4) is 28.4 Å². The molecule has 0 aromatic heterocycles. The lowest BCUT2D eigenvalue weighted by molar-refractivity contribution is 0.0694. The summed E-state index contributed by atoms with van der Waals surface area (Å²) in [4.78, 5) is 11.6. The number of hydrogen-bond donors (Lipinski definition) is 1. The normalized spacial score (nSPS) is 10.4. The molecule has 0 bridgehead atoms. The highest BCUT2D eigenvalue weighted by Crippen LogP contribution is 2.32. The second kappa shape index (κ2) is 8.90. The highest BCUT2D eigenvalue weighted by molar-refractivity contribution is 14.1. The summed E-state index contributed by atoms with van der Waals surface area (Å²) in [5, 5.41) is 9.47. The second-order valence-electron chi connectivity index (χ2n) is 5.99. The minimum Gasteiger partial charge on any atom is -0.493 e. The summed E-state index contributed by atoms with van der Waals surface area (Å²) in [6.07, 6.45) is 0. The van der Waals surface area contributed by atoms with Crippen LogP contribution in [-0.2, 0) is 0 Å². The van der Waals surface area contributed by atoms with Crippen LogP contribution in [0, 0.1) is 6.92 Å². The molecule has 0 aliphatic heterocycles. The van der Waals surface area contributed by atoms with Gasteiger partial charge in [0.1, 0.15) is 22.8 Å². The molecule has 0 heterocycles. The summed E-state index contributed by atoms with van der Waals surface area (Å²) in [5.41, 5.74) is 3.07. The minimum absolute atomic E-state index is 0.126. The van der Waals surface area contributed by atoms with Gasteiger partial charge < -0.3 is 14.6 Å². The van der Waals surface area contributed by atoms with Crippen LogP contribution in [0.1, 0.15) is 15.9 Å². The highest BCUT2D eigenvalue weighted by atomic mass is 127. The zero-order chi connectivity index (χ0) is 19.2. The van der Waals surface area contributed by atoms with Crippen molar-refractivity contribution >= 4 is 28.6 Å². The molecule has 0 aliphatic rings. The first-order chi connectivity index (χ1) is 13.1. The summed E-state index contributed by atoms with van der Waals surface area (Å²) in [5.74, 6) is 0.705. The summed E-state index contributed by atoms with van der Waals surface area (Å²) >= 11 is 2.27. The molecule has 27 heavy (non-hydrogen) atoms. The minimum atomic E-state index is -1.02. The average Bonchev–Trinajstić information content (AvgIpc) is 2.68. The molecule has 3 rings (SSSR count). The molecule has 0 saturated carbocycles. The Labute approximate surface area is 171 Å². The lowest BCUT2D eigenvalue weighted by Gasteiger charge is -2.12. The van der Waals surface area contributed by atoms with Crippen molar-refractivity contribution in [2.75, 3.05) is 11.0 Å². The molecule has 0 unspecified atom stereocenters.